The van der Waals surface area contributed by atoms with E-state index < -0.39 is 113 Å². The Morgan fingerprint density at radius 2 is 1.20 bits per heavy atom. The summed E-state index contributed by atoms with van der Waals surface area (Å²) in [6, 6.07) is 7.69. The van der Waals surface area contributed by atoms with E-state index in [-0.39, 0.29) is 52.4 Å². The number of nitrogens with one attached hydrogen (secondary N) is 4. The third-order valence-corrected chi connectivity index (χ3v) is 13.3. The van der Waals surface area contributed by atoms with Gasteiger partial charge in [-0.25, -0.2) is 22.4 Å². The lowest BCUT2D eigenvalue weighted by Crippen LogP contribution is -2.79. The second-order valence-electron chi connectivity index (χ2n) is 19.9. The maximum Gasteiger partial charge on any atom is 0.410 e. The Bertz CT molecular complexity index is 2530. The highest BCUT2D eigenvalue weighted by Gasteiger charge is 2.73. The molecular weight excluding hydrogens is 976 g/mol. The predicted molar refractivity (Wildman–Crippen MR) is 225 cm³/mol. The highest BCUT2D eigenvalue weighted by molar-refractivity contribution is 6.31. The molecular formula is C43H45Cl2F7N8O9. The van der Waals surface area contributed by atoms with Crippen molar-refractivity contribution >= 4 is 52.9 Å². The summed E-state index contributed by atoms with van der Waals surface area (Å²) in [4.78, 5) is 63.1. The summed E-state index contributed by atoms with van der Waals surface area (Å²) >= 11 is 11.2. The van der Waals surface area contributed by atoms with E-state index in [9.17, 15) is 54.7 Å². The maximum atomic E-state index is 14.8. The third-order valence-electron chi connectivity index (χ3n) is 12.7. The van der Waals surface area contributed by atoms with Crippen LogP contribution in [0.4, 0.5) is 35.5 Å². The first kappa shape index (κ1) is 49.8. The van der Waals surface area contributed by atoms with Gasteiger partial charge in [-0.05, 0) is 83.6 Å². The Hall–Kier alpha value is -5.62. The van der Waals surface area contributed by atoms with Gasteiger partial charge < -0.3 is 34.2 Å². The number of hydrogen-bond acceptors (Lipinski definition) is 12. The van der Waals surface area contributed by atoms with E-state index >= 15 is 0 Å². The first-order chi connectivity index (χ1) is 32.0. The van der Waals surface area contributed by atoms with Crippen LogP contribution in [0.2, 0.25) is 10.0 Å². The maximum absolute atomic E-state index is 14.8. The standard InChI is InChI=1S/C23H27ClF2N4O6.C20H18ClF5N4O3/c1-20(2,3)36-19(34)30-11-23(26,12-30)18(33)29-28-17(32)21-8-22(9-21,10-21)27-16(31)7-35-13-4-5-14(24)15(25)6-13;21-12-2-1-11(3-13(12)22)32-4-14(31)27-18-5-17(6-18,7-18)15-28-29-16(33-15)19(23)8-30(9-19)10-20(24,25)26/h4-6H,7-12H2,1-3H3,(H,27,31)(H,28,32)(H,29,33);1-3H,4-10H2,(H,27,31). The molecule has 6 saturated carbocycles. The second kappa shape index (κ2) is 17.4. The van der Waals surface area contributed by atoms with Crippen molar-refractivity contribution in [2.75, 3.05) is 45.9 Å². The van der Waals surface area contributed by atoms with Gasteiger partial charge in [-0.1, -0.05) is 23.2 Å². The molecule has 8 fully saturated rings. The zero-order valence-corrected chi connectivity index (χ0v) is 38.5. The predicted octanol–water partition coefficient (Wildman–Crippen LogP) is 5.28. The summed E-state index contributed by atoms with van der Waals surface area (Å²) in [6.07, 6.45) is -2.50. The van der Waals surface area contributed by atoms with Gasteiger partial charge in [0.2, 0.25) is 23.1 Å². The van der Waals surface area contributed by atoms with E-state index in [0.29, 0.717) is 38.5 Å². The molecule has 5 amide bonds. The number of aromatic nitrogens is 2. The third kappa shape index (κ3) is 10.3. The minimum atomic E-state index is -4.40. The Kier molecular flexibility index (Phi) is 12.5. The van der Waals surface area contributed by atoms with Gasteiger partial charge in [0.15, 0.2) is 13.2 Å². The van der Waals surface area contributed by atoms with Crippen molar-refractivity contribution in [2.24, 2.45) is 5.41 Å². The number of hydrogen-bond donors (Lipinski definition) is 4. The van der Waals surface area contributed by atoms with Crippen molar-refractivity contribution in [3.63, 3.8) is 0 Å². The number of alkyl halides is 5. The van der Waals surface area contributed by atoms with E-state index in [1.165, 1.54) is 24.3 Å². The number of amides is 5. The molecule has 6 aliphatic carbocycles. The molecule has 3 aromatic rings. The summed E-state index contributed by atoms with van der Waals surface area (Å²) in [5.41, 5.74) is -3.05. The minimum Gasteiger partial charge on any atom is -0.484 e. The van der Waals surface area contributed by atoms with Crippen LogP contribution in [-0.2, 0) is 35.0 Å². The van der Waals surface area contributed by atoms with Crippen molar-refractivity contribution in [2.45, 2.75) is 98.9 Å². The lowest BCUT2D eigenvalue weighted by Gasteiger charge is -2.68. The van der Waals surface area contributed by atoms with Crippen LogP contribution in [-0.4, -0.2) is 124 Å². The molecule has 2 saturated heterocycles. The topological polar surface area (TPSA) is 207 Å². The molecule has 374 valence electrons. The van der Waals surface area contributed by atoms with Gasteiger partial charge in [-0.2, -0.15) is 13.2 Å². The largest absolute Gasteiger partial charge is 0.484 e. The van der Waals surface area contributed by atoms with Crippen LogP contribution in [0.3, 0.4) is 0 Å². The lowest BCUT2D eigenvalue weighted by atomic mass is 9.39. The van der Waals surface area contributed by atoms with Crippen LogP contribution in [0.25, 0.3) is 0 Å². The smallest absolute Gasteiger partial charge is 0.410 e. The van der Waals surface area contributed by atoms with Crippen LogP contribution in [0.15, 0.2) is 40.8 Å². The lowest BCUT2D eigenvalue weighted by molar-refractivity contribution is -0.185. The van der Waals surface area contributed by atoms with Gasteiger partial charge in [-0.15, -0.1) is 10.2 Å². The molecule has 11 rings (SSSR count). The number of benzene rings is 2. The van der Waals surface area contributed by atoms with Crippen LogP contribution in [0, 0.1) is 17.0 Å². The zero-order chi connectivity index (χ0) is 50.2. The molecule has 3 heterocycles. The van der Waals surface area contributed by atoms with Crippen molar-refractivity contribution < 1.29 is 73.3 Å². The normalized spacial score (nSPS) is 26.5. The molecule has 2 aliphatic heterocycles. The highest BCUT2D eigenvalue weighted by Crippen LogP contribution is 2.68. The molecule has 17 nitrogen and oxygen atoms in total. The minimum absolute atomic E-state index is 0.0511. The van der Waals surface area contributed by atoms with Crippen LogP contribution in [0.5, 0.6) is 11.5 Å². The first-order valence-electron chi connectivity index (χ1n) is 21.4. The van der Waals surface area contributed by atoms with Gasteiger partial charge in [0.25, 0.3) is 23.6 Å². The van der Waals surface area contributed by atoms with E-state index in [1.807, 2.05) is 0 Å². The van der Waals surface area contributed by atoms with Gasteiger partial charge in [0, 0.05) is 36.3 Å². The Morgan fingerprint density at radius 3 is 1.68 bits per heavy atom. The fraction of sp³-hybridized carbons (Fsp3) is 0.558. The molecule has 0 unspecified atom stereocenters. The average Bonchev–Trinajstić information content (AvgIpc) is 3.67. The van der Waals surface area contributed by atoms with Crippen LogP contribution in [0.1, 0.15) is 71.1 Å². The molecule has 4 bridgehead atoms. The molecule has 0 radical (unpaired) electrons. The van der Waals surface area contributed by atoms with Crippen molar-refractivity contribution in [1.82, 2.24) is 41.5 Å². The van der Waals surface area contributed by atoms with Crippen LogP contribution >= 0.6 is 23.2 Å². The van der Waals surface area contributed by atoms with Gasteiger partial charge >= 0.3 is 12.3 Å². The Labute approximate surface area is 398 Å². The van der Waals surface area contributed by atoms with Crippen molar-refractivity contribution in [3.05, 3.63) is 69.9 Å². The number of ether oxygens (including phenoxy) is 3. The van der Waals surface area contributed by atoms with Gasteiger partial charge in [0.1, 0.15) is 28.7 Å². The Balaban J connectivity index is 0.000000187. The van der Waals surface area contributed by atoms with Crippen molar-refractivity contribution in [1.29, 1.82) is 0 Å². The van der Waals surface area contributed by atoms with E-state index in [2.05, 4.69) is 31.7 Å². The number of halogens is 9. The summed E-state index contributed by atoms with van der Waals surface area (Å²) < 4.78 is 115. The number of hydrazine groups is 1. The molecule has 4 N–H and O–H groups in total. The summed E-state index contributed by atoms with van der Waals surface area (Å²) in [5.74, 6) is -3.42. The fourth-order valence-electron chi connectivity index (χ4n) is 9.70. The molecule has 8 aliphatic rings. The quantitative estimate of drug-likeness (QED) is 0.128. The fourth-order valence-corrected chi connectivity index (χ4v) is 9.94. The van der Waals surface area contributed by atoms with Crippen molar-refractivity contribution in [3.8, 4) is 11.5 Å². The first-order valence-corrected chi connectivity index (χ1v) is 22.2. The van der Waals surface area contributed by atoms with Crippen LogP contribution < -0.4 is 31.0 Å². The number of carbonyl (C=O) groups excluding carboxylic acids is 5. The van der Waals surface area contributed by atoms with E-state index in [1.54, 1.807) is 20.8 Å². The molecule has 0 spiro atoms. The number of likely N-dealkylation sites (tertiary alicyclic amines) is 2. The zero-order valence-electron chi connectivity index (χ0n) is 37.0. The second-order valence-corrected chi connectivity index (χ2v) is 20.7. The summed E-state index contributed by atoms with van der Waals surface area (Å²) in [6.45, 7) is 1.31. The van der Waals surface area contributed by atoms with Gasteiger partial charge in [0.05, 0.1) is 40.5 Å². The van der Waals surface area contributed by atoms with E-state index in [4.69, 9.17) is 41.8 Å². The Morgan fingerprint density at radius 1 is 0.725 bits per heavy atom. The number of nitrogens with zero attached hydrogens (tertiary/aromatic N) is 4. The molecule has 2 aromatic carbocycles. The molecule has 1 aromatic heterocycles. The highest BCUT2D eigenvalue weighted by atomic mass is 35.5. The van der Waals surface area contributed by atoms with E-state index in [0.717, 1.165) is 21.9 Å². The number of rotatable bonds is 13. The molecule has 0 atom stereocenters. The summed E-state index contributed by atoms with van der Waals surface area (Å²) in [7, 11) is 0. The molecule has 26 heteroatoms. The number of carbonyl (C=O) groups is 5. The van der Waals surface area contributed by atoms with Gasteiger partial charge in [-0.3, -0.25) is 34.9 Å². The SMILES string of the molecule is CC(C)(C)OC(=O)N1CC(F)(C(=O)NNC(=O)C23CC(NC(=O)COc4ccc(Cl)c(F)c4)(C2)C3)C1.O=C(COc1ccc(Cl)c(F)c1)NC12CC(c3nnc(C4(F)CN(CC(F)(F)F)C4)o3)(C1)C2. The molecule has 69 heavy (non-hydrogen) atoms. The monoisotopic (exact) mass is 1020 g/mol. The summed E-state index contributed by atoms with van der Waals surface area (Å²) in [5, 5.41) is 13.2. The average molecular weight is 1020 g/mol.